The molecule has 8 heteroatoms. The molecule has 1 aliphatic rings. The molecule has 204 valence electrons. The van der Waals surface area contributed by atoms with E-state index in [1.807, 2.05) is 30.3 Å². The number of hydrogen-bond acceptors (Lipinski definition) is 5. The smallest absolute Gasteiger partial charge is 0.159 e. The Kier molecular flexibility index (Phi) is 9.87. The van der Waals surface area contributed by atoms with E-state index < -0.39 is 29.9 Å². The van der Waals surface area contributed by atoms with Crippen LogP contribution in [0.2, 0.25) is 5.02 Å². The second-order valence-electron chi connectivity index (χ2n) is 9.66. The lowest BCUT2D eigenvalue weighted by molar-refractivity contribution is -0.119. The van der Waals surface area contributed by atoms with Crippen molar-refractivity contribution in [3.8, 4) is 11.1 Å². The van der Waals surface area contributed by atoms with E-state index in [0.29, 0.717) is 36.7 Å². The molecule has 5 nitrogen and oxygen atoms in total. The van der Waals surface area contributed by atoms with Gasteiger partial charge in [-0.05, 0) is 71.8 Å². The monoisotopic (exact) mass is 545 g/mol. The van der Waals surface area contributed by atoms with Crippen molar-refractivity contribution >= 4 is 11.6 Å². The van der Waals surface area contributed by atoms with Gasteiger partial charge in [0.1, 0.15) is 11.7 Å². The third kappa shape index (κ3) is 6.25. The topological polar surface area (TPSA) is 71.0 Å². The van der Waals surface area contributed by atoms with E-state index >= 15 is 0 Å². The molecule has 1 aliphatic heterocycles. The van der Waals surface area contributed by atoms with Gasteiger partial charge in [0.05, 0.1) is 13.2 Å². The molecule has 1 fully saturated rings. The number of aryl methyl sites for hydroxylation is 1. The Bertz CT molecular complexity index is 1230. The van der Waals surface area contributed by atoms with Crippen LogP contribution in [0.3, 0.4) is 0 Å². The van der Waals surface area contributed by atoms with E-state index in [-0.39, 0.29) is 12.5 Å². The maximum absolute atomic E-state index is 14.4. The van der Waals surface area contributed by atoms with E-state index in [1.165, 1.54) is 11.6 Å². The second-order valence-corrected chi connectivity index (χ2v) is 10.1. The number of piperidine rings is 1. The molecule has 4 rings (SSSR count). The van der Waals surface area contributed by atoms with Gasteiger partial charge in [0.15, 0.2) is 11.6 Å². The summed E-state index contributed by atoms with van der Waals surface area (Å²) in [6.45, 7) is 1.07. The molecule has 0 amide bonds. The van der Waals surface area contributed by atoms with E-state index in [2.05, 4.69) is 17.4 Å². The summed E-state index contributed by atoms with van der Waals surface area (Å²) in [7, 11) is 1.69. The minimum Gasteiger partial charge on any atom is -0.394 e. The minimum atomic E-state index is -1.11. The molecule has 3 aromatic carbocycles. The van der Waals surface area contributed by atoms with Gasteiger partial charge in [0, 0.05) is 31.2 Å². The Morgan fingerprint density at radius 3 is 2.66 bits per heavy atom. The van der Waals surface area contributed by atoms with Crippen LogP contribution < -0.4 is 5.32 Å². The van der Waals surface area contributed by atoms with Crippen molar-refractivity contribution in [3.63, 3.8) is 0 Å². The minimum absolute atomic E-state index is 0.170. The predicted molar refractivity (Wildman–Crippen MR) is 144 cm³/mol. The highest BCUT2D eigenvalue weighted by atomic mass is 35.5. The highest BCUT2D eigenvalue weighted by Crippen LogP contribution is 2.47. The summed E-state index contributed by atoms with van der Waals surface area (Å²) < 4.78 is 39.8. The molecule has 3 aromatic rings. The molecule has 1 heterocycles. The van der Waals surface area contributed by atoms with Gasteiger partial charge in [-0.15, -0.1) is 0 Å². The number of methoxy groups -OCH3 is 1. The van der Waals surface area contributed by atoms with Crippen LogP contribution in [0.5, 0.6) is 0 Å². The summed E-state index contributed by atoms with van der Waals surface area (Å²) >= 11 is 6.93. The zero-order valence-corrected chi connectivity index (χ0v) is 22.2. The van der Waals surface area contributed by atoms with Crippen LogP contribution in [0, 0.1) is 11.6 Å². The normalized spacial score (nSPS) is 20.4. The Hall–Kier alpha value is -2.39. The predicted octanol–water partition coefficient (Wildman–Crippen LogP) is 5.21. The van der Waals surface area contributed by atoms with Crippen LogP contribution >= 0.6 is 11.6 Å². The number of aliphatic hydroxyl groups excluding tert-OH is 2. The number of hydrogen-bond donors (Lipinski definition) is 3. The summed E-state index contributed by atoms with van der Waals surface area (Å²) in [4.78, 5) is 0. The van der Waals surface area contributed by atoms with Crippen molar-refractivity contribution in [1.82, 2.24) is 5.32 Å². The average molecular weight is 546 g/mol. The highest BCUT2D eigenvalue weighted by molar-refractivity contribution is 6.31. The number of benzene rings is 3. The summed E-state index contributed by atoms with van der Waals surface area (Å²) in [6.07, 6.45) is 1.10. The Morgan fingerprint density at radius 2 is 1.92 bits per heavy atom. The van der Waals surface area contributed by atoms with E-state index in [0.717, 1.165) is 41.7 Å². The second kappa shape index (κ2) is 13.1. The van der Waals surface area contributed by atoms with Crippen molar-refractivity contribution in [2.45, 2.75) is 36.9 Å². The molecule has 3 atom stereocenters. The van der Waals surface area contributed by atoms with Crippen molar-refractivity contribution < 1.29 is 28.5 Å². The van der Waals surface area contributed by atoms with Crippen molar-refractivity contribution in [1.29, 1.82) is 0 Å². The lowest BCUT2D eigenvalue weighted by Gasteiger charge is -2.45. The number of ether oxygens (including phenoxy) is 2. The van der Waals surface area contributed by atoms with Gasteiger partial charge in [0.25, 0.3) is 0 Å². The van der Waals surface area contributed by atoms with Crippen LogP contribution in [0.4, 0.5) is 8.78 Å². The summed E-state index contributed by atoms with van der Waals surface area (Å²) in [5, 5.41) is 23.3. The number of rotatable bonds is 11. The van der Waals surface area contributed by atoms with Crippen molar-refractivity contribution in [2.24, 2.45) is 0 Å². The van der Waals surface area contributed by atoms with Crippen LogP contribution in [-0.4, -0.2) is 56.3 Å². The van der Waals surface area contributed by atoms with Gasteiger partial charge in [0.2, 0.25) is 0 Å². The quantitative estimate of drug-likeness (QED) is 0.289. The molecular weight excluding hydrogens is 512 g/mol. The number of aliphatic hydroxyl groups is 2. The van der Waals surface area contributed by atoms with Crippen LogP contribution in [-0.2, 0) is 21.5 Å². The Labute approximate surface area is 227 Å². The van der Waals surface area contributed by atoms with Crippen LogP contribution in [0.1, 0.15) is 35.4 Å². The molecule has 1 saturated heterocycles. The fraction of sp³-hybridized carbons (Fsp3) is 0.400. The third-order valence-electron chi connectivity index (χ3n) is 7.24. The SMILES string of the molecule is COCCCc1ccccc1-c1ccc([C@H]2CNCC[C@]2(OCC(O)CO)c2ccc(F)c(F)c2)c(Cl)c1. The third-order valence-corrected chi connectivity index (χ3v) is 7.56. The van der Waals surface area contributed by atoms with Gasteiger partial charge in [-0.25, -0.2) is 8.78 Å². The van der Waals surface area contributed by atoms with Gasteiger partial charge in [-0.2, -0.15) is 0 Å². The first kappa shape index (κ1) is 28.6. The lowest BCUT2D eigenvalue weighted by atomic mass is 9.72. The van der Waals surface area contributed by atoms with Crippen LogP contribution in [0.15, 0.2) is 60.7 Å². The standard InChI is InChI=1S/C30H34ClF2NO4/c1-37-14-4-6-20-5-2-3-7-24(20)21-8-10-25(27(31)15-21)26-17-34-13-12-30(26,38-19-23(36)18-35)22-9-11-28(32)29(33)16-22/h2-3,5,7-11,15-16,23,26,34-36H,4,6,12-14,17-19H2,1H3/t23?,26-,30+/m1/s1. The van der Waals surface area contributed by atoms with E-state index in [9.17, 15) is 19.0 Å². The Balaban J connectivity index is 1.74. The lowest BCUT2D eigenvalue weighted by Crippen LogP contribution is -2.49. The highest BCUT2D eigenvalue weighted by Gasteiger charge is 2.45. The average Bonchev–Trinajstić information content (AvgIpc) is 2.94. The first-order valence-electron chi connectivity index (χ1n) is 12.9. The molecule has 3 N–H and O–H groups in total. The van der Waals surface area contributed by atoms with Crippen LogP contribution in [0.25, 0.3) is 11.1 Å². The fourth-order valence-electron chi connectivity index (χ4n) is 5.28. The van der Waals surface area contributed by atoms with Gasteiger partial charge >= 0.3 is 0 Å². The molecule has 0 aromatic heterocycles. The molecule has 0 aliphatic carbocycles. The van der Waals surface area contributed by atoms with Crippen molar-refractivity contribution in [3.05, 3.63) is 94.0 Å². The number of halogens is 3. The fourth-order valence-corrected chi connectivity index (χ4v) is 5.60. The molecule has 38 heavy (non-hydrogen) atoms. The van der Waals surface area contributed by atoms with Gasteiger partial charge in [-0.1, -0.05) is 54.1 Å². The first-order chi connectivity index (χ1) is 18.4. The molecule has 0 spiro atoms. The first-order valence-corrected chi connectivity index (χ1v) is 13.2. The maximum Gasteiger partial charge on any atom is 0.159 e. The van der Waals surface area contributed by atoms with Gasteiger partial charge in [-0.3, -0.25) is 0 Å². The molecule has 1 unspecified atom stereocenters. The van der Waals surface area contributed by atoms with E-state index in [4.69, 9.17) is 21.1 Å². The molecule has 0 saturated carbocycles. The summed E-state index contributed by atoms with van der Waals surface area (Å²) in [5.41, 5.74) is 3.42. The number of nitrogens with one attached hydrogen (secondary N) is 1. The largest absolute Gasteiger partial charge is 0.394 e. The summed E-state index contributed by atoms with van der Waals surface area (Å²) in [5.74, 6) is -2.29. The molecule has 0 radical (unpaired) electrons. The summed E-state index contributed by atoms with van der Waals surface area (Å²) in [6, 6.07) is 17.8. The van der Waals surface area contributed by atoms with E-state index in [1.54, 1.807) is 7.11 Å². The zero-order valence-electron chi connectivity index (χ0n) is 21.4. The zero-order chi connectivity index (χ0) is 27.1. The van der Waals surface area contributed by atoms with Crippen molar-refractivity contribution in [2.75, 3.05) is 40.0 Å². The molecule has 0 bridgehead atoms. The van der Waals surface area contributed by atoms with Gasteiger partial charge < -0.3 is 25.0 Å². The Morgan fingerprint density at radius 1 is 1.11 bits per heavy atom. The molecular formula is C30H34ClF2NO4. The maximum atomic E-state index is 14.4.